The molecule has 0 unspecified atom stereocenters. The van der Waals surface area contributed by atoms with E-state index in [2.05, 4.69) is 4.98 Å². The van der Waals surface area contributed by atoms with E-state index in [9.17, 15) is 13.6 Å². The summed E-state index contributed by atoms with van der Waals surface area (Å²) in [6.07, 6.45) is 1.02. The van der Waals surface area contributed by atoms with Crippen LogP contribution < -0.4 is 10.5 Å². The number of hydrogen-bond donors (Lipinski definition) is 2. The van der Waals surface area contributed by atoms with Gasteiger partial charge in [-0.05, 0) is 54.8 Å². The van der Waals surface area contributed by atoms with E-state index in [4.69, 9.17) is 15.9 Å². The minimum Gasteiger partial charge on any atom is -0.478 e. The third-order valence-corrected chi connectivity index (χ3v) is 5.55. The highest BCUT2D eigenvalue weighted by Gasteiger charge is 2.24. The van der Waals surface area contributed by atoms with Crippen molar-refractivity contribution in [2.45, 2.75) is 26.6 Å². The molecule has 1 atom stereocenters. The fourth-order valence-corrected chi connectivity index (χ4v) is 3.60. The lowest BCUT2D eigenvalue weighted by atomic mass is 9.97. The Bertz CT molecular complexity index is 1180. The molecule has 0 aliphatic carbocycles. The maximum Gasteiger partial charge on any atom is 0.272 e. The maximum atomic E-state index is 13.7. The van der Waals surface area contributed by atoms with Crippen LogP contribution in [-0.4, -0.2) is 35.7 Å². The monoisotopic (exact) mass is 452 g/mol. The Morgan fingerprint density at radius 3 is 2.67 bits per heavy atom. The number of alkyl halides is 1. The molecule has 0 radical (unpaired) electrons. The highest BCUT2D eigenvalue weighted by molar-refractivity contribution is 5.94. The van der Waals surface area contributed by atoms with Crippen molar-refractivity contribution in [1.29, 1.82) is 5.41 Å². The molecule has 2 aromatic carbocycles. The van der Waals surface area contributed by atoms with Gasteiger partial charge in [-0.3, -0.25) is 4.79 Å². The maximum absolute atomic E-state index is 13.7. The van der Waals surface area contributed by atoms with Gasteiger partial charge in [-0.2, -0.15) is 0 Å². The van der Waals surface area contributed by atoms with Gasteiger partial charge in [-0.25, -0.2) is 13.8 Å². The number of amides is 1. The first-order valence-corrected chi connectivity index (χ1v) is 10.5. The molecule has 0 spiro atoms. The highest BCUT2D eigenvalue weighted by Crippen LogP contribution is 2.32. The first-order valence-electron chi connectivity index (χ1n) is 10.5. The zero-order valence-corrected chi connectivity index (χ0v) is 18.7. The average molecular weight is 453 g/mol. The normalized spacial score (nSPS) is 11.7. The lowest BCUT2D eigenvalue weighted by Crippen LogP contribution is -2.31. The summed E-state index contributed by atoms with van der Waals surface area (Å²) in [5.74, 6) is -0.531. The summed E-state index contributed by atoms with van der Waals surface area (Å²) in [6, 6.07) is 12.1. The molecule has 0 aliphatic heterocycles. The first-order chi connectivity index (χ1) is 15.8. The van der Waals surface area contributed by atoms with Crippen LogP contribution in [0.3, 0.4) is 0 Å². The number of hydrogen-bond acceptors (Lipinski definition) is 5. The molecular formula is C25H26F2N4O2. The summed E-state index contributed by atoms with van der Waals surface area (Å²) in [7, 11) is 1.61. The number of pyridine rings is 1. The average Bonchev–Trinajstić information content (AvgIpc) is 2.82. The van der Waals surface area contributed by atoms with Crippen LogP contribution in [0.5, 0.6) is 5.88 Å². The van der Waals surface area contributed by atoms with E-state index in [1.807, 2.05) is 0 Å². The van der Waals surface area contributed by atoms with Crippen LogP contribution in [0.15, 0.2) is 48.5 Å². The van der Waals surface area contributed by atoms with Crippen LogP contribution in [0.2, 0.25) is 0 Å². The Labute approximate surface area is 191 Å². The molecule has 3 rings (SSSR count). The molecule has 1 heterocycles. The molecule has 0 saturated carbocycles. The summed E-state index contributed by atoms with van der Waals surface area (Å²) in [5, 5.41) is 7.56. The number of carbonyl (C=O) groups excluding carboxylic acids is 1. The van der Waals surface area contributed by atoms with Crippen LogP contribution in [0.1, 0.15) is 47.1 Å². The Balaban J connectivity index is 1.94. The number of benzene rings is 2. The number of nitrogens with one attached hydrogen (secondary N) is 1. The highest BCUT2D eigenvalue weighted by atomic mass is 19.1. The summed E-state index contributed by atoms with van der Waals surface area (Å²) < 4.78 is 32.5. The summed E-state index contributed by atoms with van der Waals surface area (Å²) in [4.78, 5) is 19.1. The first kappa shape index (κ1) is 23.8. The van der Waals surface area contributed by atoms with Gasteiger partial charge >= 0.3 is 0 Å². The van der Waals surface area contributed by atoms with E-state index in [0.29, 0.717) is 34.4 Å². The van der Waals surface area contributed by atoms with Crippen molar-refractivity contribution in [2.75, 3.05) is 19.4 Å². The minimum atomic E-state index is -0.736. The number of nitrogens with two attached hydrogens (primary N) is 1. The van der Waals surface area contributed by atoms with Crippen molar-refractivity contribution in [2.24, 2.45) is 0 Å². The van der Waals surface area contributed by atoms with Crippen molar-refractivity contribution in [3.05, 3.63) is 76.7 Å². The molecule has 0 saturated heterocycles. The summed E-state index contributed by atoms with van der Waals surface area (Å²) in [6.45, 7) is 3.17. The fraction of sp³-hybridized carbons (Fsp3) is 0.240. The number of halogens is 2. The van der Waals surface area contributed by atoms with Gasteiger partial charge in [0.15, 0.2) is 0 Å². The van der Waals surface area contributed by atoms with Crippen molar-refractivity contribution >= 4 is 17.8 Å². The van der Waals surface area contributed by atoms with Crippen LogP contribution in [0.25, 0.3) is 11.1 Å². The van der Waals surface area contributed by atoms with Gasteiger partial charge in [-0.15, -0.1) is 0 Å². The van der Waals surface area contributed by atoms with Crippen LogP contribution in [0, 0.1) is 11.2 Å². The molecular weight excluding hydrogens is 426 g/mol. The van der Waals surface area contributed by atoms with Gasteiger partial charge in [0.2, 0.25) is 5.88 Å². The largest absolute Gasteiger partial charge is 0.478 e. The lowest BCUT2D eigenvalue weighted by Gasteiger charge is -2.27. The topological polar surface area (TPSA) is 92.3 Å². The smallest absolute Gasteiger partial charge is 0.272 e. The number of aromatic nitrogens is 1. The fourth-order valence-electron chi connectivity index (χ4n) is 3.60. The Hall–Kier alpha value is -3.81. The van der Waals surface area contributed by atoms with Crippen molar-refractivity contribution in [3.63, 3.8) is 0 Å². The molecule has 1 aromatic heterocycles. The van der Waals surface area contributed by atoms with Crippen LogP contribution >= 0.6 is 0 Å². The standard InChI is InChI=1S/C25H26F2N4O2/c1-4-33-24-20(16-6-5-7-18(27)12-16)10-11-22(30-24)25(32)31(3)15(2)19-9-8-17(13-26)21(14-28)23(19)29/h5-12,14-15,28H,4,13,29H2,1-3H3/t15-/m1/s1. The van der Waals surface area contributed by atoms with Crippen LogP contribution in [0.4, 0.5) is 14.5 Å². The predicted octanol–water partition coefficient (Wildman–Crippen LogP) is 5.17. The SMILES string of the molecule is CCOc1nc(C(=O)N(C)[C@H](C)c2ccc(CF)c(C=N)c2N)ccc1-c1cccc(F)c1. The lowest BCUT2D eigenvalue weighted by molar-refractivity contribution is 0.0736. The number of anilines is 1. The number of ether oxygens (including phenoxy) is 1. The molecule has 0 bridgehead atoms. The van der Waals surface area contributed by atoms with E-state index in [-0.39, 0.29) is 29.0 Å². The molecule has 0 fully saturated rings. The number of nitrogen functional groups attached to an aromatic ring is 1. The van der Waals surface area contributed by atoms with Crippen LogP contribution in [-0.2, 0) is 6.67 Å². The van der Waals surface area contributed by atoms with Gasteiger partial charge in [0.05, 0.1) is 12.6 Å². The van der Waals surface area contributed by atoms with Crippen molar-refractivity contribution in [3.8, 4) is 17.0 Å². The predicted molar refractivity (Wildman–Crippen MR) is 125 cm³/mol. The van der Waals surface area contributed by atoms with E-state index >= 15 is 0 Å². The third-order valence-electron chi connectivity index (χ3n) is 5.55. The zero-order chi connectivity index (χ0) is 24.1. The van der Waals surface area contributed by atoms with E-state index in [1.54, 1.807) is 57.3 Å². The second-order valence-electron chi connectivity index (χ2n) is 7.50. The van der Waals surface area contributed by atoms with Gasteiger partial charge in [0.25, 0.3) is 5.91 Å². The molecule has 0 aliphatic rings. The second-order valence-corrected chi connectivity index (χ2v) is 7.50. The quantitative estimate of drug-likeness (QED) is 0.364. The van der Waals surface area contributed by atoms with E-state index in [1.165, 1.54) is 17.0 Å². The molecule has 1 amide bonds. The molecule has 6 nitrogen and oxygen atoms in total. The molecule has 172 valence electrons. The molecule has 3 N–H and O–H groups in total. The van der Waals surface area contributed by atoms with Crippen molar-refractivity contribution in [1.82, 2.24) is 9.88 Å². The van der Waals surface area contributed by atoms with Gasteiger partial charge in [-0.1, -0.05) is 24.3 Å². The number of rotatable bonds is 8. The van der Waals surface area contributed by atoms with Crippen molar-refractivity contribution < 1.29 is 18.3 Å². The zero-order valence-electron chi connectivity index (χ0n) is 18.7. The van der Waals surface area contributed by atoms with Gasteiger partial charge in [0.1, 0.15) is 18.2 Å². The number of nitrogens with zero attached hydrogens (tertiary/aromatic N) is 2. The molecule has 33 heavy (non-hydrogen) atoms. The number of carbonyl (C=O) groups is 1. The summed E-state index contributed by atoms with van der Waals surface area (Å²) >= 11 is 0. The third kappa shape index (κ3) is 4.84. The summed E-state index contributed by atoms with van der Waals surface area (Å²) in [5.41, 5.74) is 8.99. The minimum absolute atomic E-state index is 0.152. The second kappa shape index (κ2) is 10.2. The molecule has 8 heteroatoms. The van der Waals surface area contributed by atoms with E-state index < -0.39 is 12.7 Å². The van der Waals surface area contributed by atoms with Gasteiger partial charge < -0.3 is 20.8 Å². The Morgan fingerprint density at radius 2 is 2.03 bits per heavy atom. The van der Waals surface area contributed by atoms with E-state index in [0.717, 1.165) is 6.21 Å². The molecule has 3 aromatic rings. The Kier molecular flexibility index (Phi) is 7.37. The Morgan fingerprint density at radius 1 is 1.27 bits per heavy atom. The van der Waals surface area contributed by atoms with Gasteiger partial charge in [0, 0.05) is 30.1 Å².